The molecular weight excluding hydrogens is 260 g/mol. The number of aromatic carboxylic acids is 1. The molecule has 1 aliphatic rings. The van der Waals surface area contributed by atoms with Gasteiger partial charge in [-0.25, -0.2) is 4.79 Å². The molecule has 1 aromatic carbocycles. The van der Waals surface area contributed by atoms with E-state index in [1.807, 2.05) is 18.2 Å². The van der Waals surface area contributed by atoms with Gasteiger partial charge in [0.1, 0.15) is 16.2 Å². The first-order chi connectivity index (χ1) is 8.94. The van der Waals surface area contributed by atoms with Gasteiger partial charge < -0.3 is 9.84 Å². The van der Waals surface area contributed by atoms with E-state index in [2.05, 4.69) is 19.9 Å². The SMILES string of the molecule is CC1(C)Cc2cc(-c3ccc(C(=O)O)s3)ccc2O1. The molecule has 98 valence electrons. The van der Waals surface area contributed by atoms with E-state index >= 15 is 0 Å². The van der Waals surface area contributed by atoms with Crippen molar-refractivity contribution in [2.75, 3.05) is 0 Å². The topological polar surface area (TPSA) is 46.5 Å². The van der Waals surface area contributed by atoms with Gasteiger partial charge in [0.25, 0.3) is 0 Å². The molecule has 2 heterocycles. The van der Waals surface area contributed by atoms with Crippen LogP contribution in [0.15, 0.2) is 30.3 Å². The summed E-state index contributed by atoms with van der Waals surface area (Å²) < 4.78 is 5.84. The van der Waals surface area contributed by atoms with Crippen LogP contribution in [0.2, 0.25) is 0 Å². The van der Waals surface area contributed by atoms with Crippen LogP contribution in [-0.2, 0) is 6.42 Å². The smallest absolute Gasteiger partial charge is 0.345 e. The highest BCUT2D eigenvalue weighted by molar-refractivity contribution is 7.17. The summed E-state index contributed by atoms with van der Waals surface area (Å²) in [4.78, 5) is 12.3. The third-order valence-electron chi connectivity index (χ3n) is 3.16. The number of carboxylic acids is 1. The highest BCUT2D eigenvalue weighted by Crippen LogP contribution is 2.38. The zero-order valence-corrected chi connectivity index (χ0v) is 11.6. The summed E-state index contributed by atoms with van der Waals surface area (Å²) in [6.45, 7) is 4.14. The van der Waals surface area contributed by atoms with Crippen LogP contribution >= 0.6 is 11.3 Å². The number of carbonyl (C=O) groups is 1. The van der Waals surface area contributed by atoms with Gasteiger partial charge in [-0.3, -0.25) is 0 Å². The molecule has 1 aromatic heterocycles. The van der Waals surface area contributed by atoms with Crippen LogP contribution in [0.3, 0.4) is 0 Å². The van der Waals surface area contributed by atoms with Crippen LogP contribution < -0.4 is 4.74 Å². The quantitative estimate of drug-likeness (QED) is 0.905. The highest BCUT2D eigenvalue weighted by atomic mass is 32.1. The van der Waals surface area contributed by atoms with Crippen LogP contribution in [0, 0.1) is 0 Å². The fraction of sp³-hybridized carbons (Fsp3) is 0.267. The van der Waals surface area contributed by atoms with E-state index in [4.69, 9.17) is 9.84 Å². The average Bonchev–Trinajstić information content (AvgIpc) is 2.89. The molecule has 0 unspecified atom stereocenters. The summed E-state index contributed by atoms with van der Waals surface area (Å²) >= 11 is 1.30. The van der Waals surface area contributed by atoms with E-state index in [9.17, 15) is 4.79 Å². The monoisotopic (exact) mass is 274 g/mol. The Morgan fingerprint density at radius 3 is 2.79 bits per heavy atom. The third kappa shape index (κ3) is 2.24. The van der Waals surface area contributed by atoms with E-state index in [1.165, 1.54) is 16.9 Å². The van der Waals surface area contributed by atoms with Crippen LogP contribution in [0.4, 0.5) is 0 Å². The molecule has 0 saturated heterocycles. The molecule has 1 N–H and O–H groups in total. The van der Waals surface area contributed by atoms with Crippen molar-refractivity contribution < 1.29 is 14.6 Å². The molecule has 3 rings (SSSR count). The lowest BCUT2D eigenvalue weighted by Crippen LogP contribution is -2.24. The molecule has 0 aliphatic carbocycles. The van der Waals surface area contributed by atoms with Gasteiger partial charge in [-0.05, 0) is 55.3 Å². The molecule has 2 aromatic rings. The molecule has 3 nitrogen and oxygen atoms in total. The predicted octanol–water partition coefficient (Wildman–Crippen LogP) is 3.83. The second kappa shape index (κ2) is 4.10. The van der Waals surface area contributed by atoms with E-state index in [1.54, 1.807) is 6.07 Å². The van der Waals surface area contributed by atoms with Crippen LogP contribution in [0.1, 0.15) is 29.1 Å². The van der Waals surface area contributed by atoms with Crippen LogP contribution in [0.25, 0.3) is 10.4 Å². The number of benzene rings is 1. The van der Waals surface area contributed by atoms with Gasteiger partial charge in [-0.15, -0.1) is 11.3 Å². The third-order valence-corrected chi connectivity index (χ3v) is 4.29. The second-order valence-corrected chi connectivity index (χ2v) is 6.41. The van der Waals surface area contributed by atoms with Crippen molar-refractivity contribution in [3.05, 3.63) is 40.8 Å². The molecule has 0 saturated carbocycles. The maximum atomic E-state index is 10.9. The Hall–Kier alpha value is -1.81. The number of ether oxygens (including phenoxy) is 1. The van der Waals surface area contributed by atoms with Crippen molar-refractivity contribution in [3.63, 3.8) is 0 Å². The molecule has 0 fully saturated rings. The lowest BCUT2D eigenvalue weighted by atomic mass is 10.00. The molecular formula is C15H14O3S. The van der Waals surface area contributed by atoms with Crippen molar-refractivity contribution in [2.24, 2.45) is 0 Å². The van der Waals surface area contributed by atoms with Crippen molar-refractivity contribution in [1.29, 1.82) is 0 Å². The molecule has 19 heavy (non-hydrogen) atoms. The highest BCUT2D eigenvalue weighted by Gasteiger charge is 2.30. The standard InChI is InChI=1S/C15H14O3S/c1-15(2)8-10-7-9(3-4-11(10)18-15)12-5-6-13(19-12)14(16)17/h3-7H,8H2,1-2H3,(H,16,17). The second-order valence-electron chi connectivity index (χ2n) is 5.33. The normalized spacial score (nSPS) is 15.9. The first-order valence-corrected chi connectivity index (χ1v) is 6.92. The molecule has 0 amide bonds. The Kier molecular flexibility index (Phi) is 2.64. The average molecular weight is 274 g/mol. The molecule has 0 radical (unpaired) electrons. The van der Waals surface area contributed by atoms with Gasteiger partial charge in [0.05, 0.1) is 0 Å². The summed E-state index contributed by atoms with van der Waals surface area (Å²) in [5.74, 6) is 0.0608. The minimum atomic E-state index is -0.873. The van der Waals surface area contributed by atoms with Crippen molar-refractivity contribution in [3.8, 4) is 16.2 Å². The van der Waals surface area contributed by atoms with Crippen LogP contribution in [0.5, 0.6) is 5.75 Å². The first kappa shape index (κ1) is 12.2. The van der Waals surface area contributed by atoms with Gasteiger partial charge in [0, 0.05) is 11.3 Å². The number of carboxylic acid groups (broad SMARTS) is 1. The summed E-state index contributed by atoms with van der Waals surface area (Å²) in [5.41, 5.74) is 2.09. The first-order valence-electron chi connectivity index (χ1n) is 6.10. The zero-order valence-electron chi connectivity index (χ0n) is 10.8. The Bertz CT molecular complexity index is 655. The Labute approximate surface area is 115 Å². The fourth-order valence-corrected chi connectivity index (χ4v) is 3.21. The Balaban J connectivity index is 1.97. The lowest BCUT2D eigenvalue weighted by molar-refractivity contribution is 0.0702. The van der Waals surface area contributed by atoms with E-state index in [0.717, 1.165) is 22.6 Å². The van der Waals surface area contributed by atoms with Crippen molar-refractivity contribution in [1.82, 2.24) is 0 Å². The van der Waals surface area contributed by atoms with E-state index in [-0.39, 0.29) is 5.60 Å². The molecule has 0 atom stereocenters. The maximum absolute atomic E-state index is 10.9. The van der Waals surface area contributed by atoms with Crippen molar-refractivity contribution >= 4 is 17.3 Å². The van der Waals surface area contributed by atoms with Crippen LogP contribution in [-0.4, -0.2) is 16.7 Å². The number of thiophene rings is 1. The molecule has 4 heteroatoms. The number of hydrogen-bond donors (Lipinski definition) is 1. The Morgan fingerprint density at radius 1 is 1.32 bits per heavy atom. The molecule has 0 spiro atoms. The molecule has 1 aliphatic heterocycles. The van der Waals surface area contributed by atoms with E-state index < -0.39 is 5.97 Å². The molecule has 0 bridgehead atoms. The summed E-state index contributed by atoms with van der Waals surface area (Å²) in [5, 5.41) is 8.96. The number of hydrogen-bond acceptors (Lipinski definition) is 3. The van der Waals surface area contributed by atoms with Crippen molar-refractivity contribution in [2.45, 2.75) is 25.9 Å². The zero-order chi connectivity index (χ0) is 13.6. The van der Waals surface area contributed by atoms with Gasteiger partial charge in [0.2, 0.25) is 0 Å². The summed E-state index contributed by atoms with van der Waals surface area (Å²) in [6.07, 6.45) is 0.882. The largest absolute Gasteiger partial charge is 0.487 e. The number of rotatable bonds is 2. The minimum absolute atomic E-state index is 0.150. The fourth-order valence-electron chi connectivity index (χ4n) is 2.37. The predicted molar refractivity (Wildman–Crippen MR) is 75.1 cm³/mol. The number of fused-ring (bicyclic) bond motifs is 1. The van der Waals surface area contributed by atoms with E-state index in [0.29, 0.717) is 4.88 Å². The minimum Gasteiger partial charge on any atom is -0.487 e. The summed E-state index contributed by atoms with van der Waals surface area (Å²) in [7, 11) is 0. The Morgan fingerprint density at radius 2 is 2.11 bits per heavy atom. The van der Waals surface area contributed by atoms with Gasteiger partial charge in [-0.1, -0.05) is 0 Å². The van der Waals surface area contributed by atoms with Gasteiger partial charge in [-0.2, -0.15) is 0 Å². The van der Waals surface area contributed by atoms with Gasteiger partial charge >= 0.3 is 5.97 Å². The van der Waals surface area contributed by atoms with Gasteiger partial charge in [0.15, 0.2) is 0 Å². The lowest BCUT2D eigenvalue weighted by Gasteiger charge is -2.16. The summed E-state index contributed by atoms with van der Waals surface area (Å²) in [6, 6.07) is 9.56. The maximum Gasteiger partial charge on any atom is 0.345 e.